The molecule has 0 spiro atoms. The van der Waals surface area contributed by atoms with Gasteiger partial charge < -0.3 is 15.6 Å². The zero-order chi connectivity index (χ0) is 22.7. The predicted octanol–water partition coefficient (Wildman–Crippen LogP) is 6.85. The van der Waals surface area contributed by atoms with Crippen molar-refractivity contribution in [2.45, 2.75) is 17.1 Å². The number of aromatic nitrogens is 1. The molecule has 5 nitrogen and oxygen atoms in total. The third-order valence-corrected chi connectivity index (χ3v) is 6.41. The first-order valence-electron chi connectivity index (χ1n) is 9.80. The Bertz CT molecular complexity index is 1310. The number of benzene rings is 3. The van der Waals surface area contributed by atoms with E-state index in [4.69, 9.17) is 23.2 Å². The first-order chi connectivity index (χ1) is 15.4. The average Bonchev–Trinajstić information content (AvgIpc) is 3.21. The molecule has 32 heavy (non-hydrogen) atoms. The van der Waals surface area contributed by atoms with E-state index < -0.39 is 0 Å². The van der Waals surface area contributed by atoms with Gasteiger partial charge in [-0.3, -0.25) is 9.59 Å². The zero-order valence-electron chi connectivity index (χ0n) is 17.0. The van der Waals surface area contributed by atoms with Gasteiger partial charge in [-0.25, -0.2) is 0 Å². The molecule has 0 saturated carbocycles. The van der Waals surface area contributed by atoms with Crippen molar-refractivity contribution in [3.8, 4) is 0 Å². The molecule has 0 bridgehead atoms. The summed E-state index contributed by atoms with van der Waals surface area (Å²) in [7, 11) is 0. The normalized spacial score (nSPS) is 11.8. The molecule has 3 aromatic carbocycles. The van der Waals surface area contributed by atoms with E-state index in [1.54, 1.807) is 18.2 Å². The van der Waals surface area contributed by atoms with Crippen LogP contribution in [0.5, 0.6) is 0 Å². The number of halogens is 2. The summed E-state index contributed by atoms with van der Waals surface area (Å²) < 4.78 is 0. The summed E-state index contributed by atoms with van der Waals surface area (Å²) in [5, 5.41) is 7.27. The lowest BCUT2D eigenvalue weighted by atomic mass is 10.2. The third-order valence-electron chi connectivity index (χ3n) is 4.77. The maximum Gasteiger partial charge on any atom is 0.257 e. The van der Waals surface area contributed by atoms with Crippen LogP contribution < -0.4 is 10.6 Å². The Morgan fingerprint density at radius 3 is 2.56 bits per heavy atom. The van der Waals surface area contributed by atoms with Crippen LogP contribution in [-0.4, -0.2) is 22.0 Å². The summed E-state index contributed by atoms with van der Waals surface area (Å²) in [5.41, 5.74) is 2.64. The Kier molecular flexibility index (Phi) is 6.74. The van der Waals surface area contributed by atoms with E-state index in [1.807, 2.05) is 55.6 Å². The molecule has 0 aliphatic carbocycles. The van der Waals surface area contributed by atoms with Crippen LogP contribution in [0.15, 0.2) is 77.8 Å². The molecule has 4 aromatic rings. The number of anilines is 2. The molecule has 0 fully saturated rings. The van der Waals surface area contributed by atoms with Crippen LogP contribution in [0.1, 0.15) is 17.3 Å². The number of hydrogen-bond donors (Lipinski definition) is 3. The summed E-state index contributed by atoms with van der Waals surface area (Å²) in [5.74, 6) is -0.442. The van der Waals surface area contributed by atoms with Gasteiger partial charge in [-0.1, -0.05) is 35.3 Å². The van der Waals surface area contributed by atoms with E-state index in [9.17, 15) is 9.59 Å². The second-order valence-electron chi connectivity index (χ2n) is 7.14. The molecule has 1 unspecified atom stereocenters. The van der Waals surface area contributed by atoms with Crippen molar-refractivity contribution in [1.29, 1.82) is 0 Å². The maximum atomic E-state index is 12.7. The Balaban J connectivity index is 1.40. The number of aromatic amines is 1. The Labute approximate surface area is 199 Å². The summed E-state index contributed by atoms with van der Waals surface area (Å²) in [6, 6.07) is 19.8. The zero-order valence-corrected chi connectivity index (χ0v) is 19.3. The first kappa shape index (κ1) is 22.3. The summed E-state index contributed by atoms with van der Waals surface area (Å²) in [6.45, 7) is 1.84. The van der Waals surface area contributed by atoms with E-state index in [0.29, 0.717) is 16.3 Å². The number of carbonyl (C=O) groups is 2. The van der Waals surface area contributed by atoms with E-state index in [2.05, 4.69) is 15.6 Å². The van der Waals surface area contributed by atoms with Crippen molar-refractivity contribution in [2.75, 3.05) is 10.6 Å². The quantitative estimate of drug-likeness (QED) is 0.262. The maximum absolute atomic E-state index is 12.7. The number of hydrogen-bond acceptors (Lipinski definition) is 3. The molecule has 1 heterocycles. The predicted molar refractivity (Wildman–Crippen MR) is 133 cm³/mol. The van der Waals surface area contributed by atoms with Crippen molar-refractivity contribution in [3.05, 3.63) is 88.5 Å². The van der Waals surface area contributed by atoms with Gasteiger partial charge in [-0.05, 0) is 66.9 Å². The minimum absolute atomic E-state index is 0.108. The highest BCUT2D eigenvalue weighted by molar-refractivity contribution is 8.00. The number of amides is 2. The number of thioether (sulfide) groups is 1. The number of carbonyl (C=O) groups excluding carboxylic acids is 2. The fourth-order valence-corrected chi connectivity index (χ4v) is 4.57. The van der Waals surface area contributed by atoms with Gasteiger partial charge in [-0.15, -0.1) is 11.8 Å². The molecule has 0 saturated heterocycles. The fourth-order valence-electron chi connectivity index (χ4n) is 3.15. The Morgan fingerprint density at radius 1 is 0.938 bits per heavy atom. The molecule has 1 atom stereocenters. The van der Waals surface area contributed by atoms with Gasteiger partial charge in [0.05, 0.1) is 15.8 Å². The van der Waals surface area contributed by atoms with Crippen LogP contribution in [0.25, 0.3) is 10.9 Å². The minimum Gasteiger partial charge on any atom is -0.361 e. The monoisotopic (exact) mass is 483 g/mol. The molecule has 1 aromatic heterocycles. The minimum atomic E-state index is -0.342. The van der Waals surface area contributed by atoms with Gasteiger partial charge in [0.2, 0.25) is 5.91 Å². The topological polar surface area (TPSA) is 74.0 Å². The van der Waals surface area contributed by atoms with Gasteiger partial charge in [0.25, 0.3) is 5.91 Å². The molecular weight excluding hydrogens is 465 g/mol. The molecule has 0 aliphatic heterocycles. The Hall–Kier alpha value is -2.93. The highest BCUT2D eigenvalue weighted by Gasteiger charge is 2.16. The molecule has 3 N–H and O–H groups in total. The third kappa shape index (κ3) is 5.27. The van der Waals surface area contributed by atoms with Crippen LogP contribution in [0.4, 0.5) is 11.4 Å². The second-order valence-corrected chi connectivity index (χ2v) is 9.39. The van der Waals surface area contributed by atoms with Crippen molar-refractivity contribution in [1.82, 2.24) is 4.98 Å². The lowest BCUT2D eigenvalue weighted by molar-refractivity contribution is -0.115. The van der Waals surface area contributed by atoms with Crippen LogP contribution in [0.3, 0.4) is 0 Å². The number of nitrogens with one attached hydrogen (secondary N) is 3. The fraction of sp³-hybridized carbons (Fsp3) is 0.0833. The van der Waals surface area contributed by atoms with E-state index in [-0.39, 0.29) is 22.1 Å². The smallest absolute Gasteiger partial charge is 0.257 e. The van der Waals surface area contributed by atoms with E-state index in [1.165, 1.54) is 17.8 Å². The summed E-state index contributed by atoms with van der Waals surface area (Å²) in [6.07, 6.45) is 1.86. The molecule has 162 valence electrons. The lowest BCUT2D eigenvalue weighted by Crippen LogP contribution is -2.22. The van der Waals surface area contributed by atoms with Gasteiger partial charge in [0, 0.05) is 33.0 Å². The largest absolute Gasteiger partial charge is 0.361 e. The van der Waals surface area contributed by atoms with Crippen molar-refractivity contribution in [2.24, 2.45) is 0 Å². The van der Waals surface area contributed by atoms with Crippen LogP contribution >= 0.6 is 35.0 Å². The number of H-pyrrole nitrogens is 1. The van der Waals surface area contributed by atoms with Crippen molar-refractivity contribution in [3.63, 3.8) is 0 Å². The van der Waals surface area contributed by atoms with Crippen LogP contribution in [-0.2, 0) is 4.79 Å². The molecule has 8 heteroatoms. The van der Waals surface area contributed by atoms with E-state index >= 15 is 0 Å². The van der Waals surface area contributed by atoms with Crippen molar-refractivity contribution >= 4 is 69.1 Å². The number of fused-ring (bicyclic) bond motifs is 1. The number of rotatable bonds is 6. The highest BCUT2D eigenvalue weighted by atomic mass is 35.5. The second kappa shape index (κ2) is 9.69. The van der Waals surface area contributed by atoms with Crippen molar-refractivity contribution < 1.29 is 9.59 Å². The van der Waals surface area contributed by atoms with E-state index in [0.717, 1.165) is 21.5 Å². The molecule has 2 amide bonds. The highest BCUT2D eigenvalue weighted by Crippen LogP contribution is 2.28. The van der Waals surface area contributed by atoms with Gasteiger partial charge in [0.15, 0.2) is 0 Å². The van der Waals surface area contributed by atoms with Gasteiger partial charge in [-0.2, -0.15) is 0 Å². The van der Waals surface area contributed by atoms with Crippen LogP contribution in [0, 0.1) is 0 Å². The van der Waals surface area contributed by atoms with Gasteiger partial charge in [0.1, 0.15) is 0 Å². The SMILES string of the molecule is CC(Sc1cccc(NC(=O)c2ccc(Cl)cc2Cl)c1)C(=O)Nc1ccc2cc[nH]c2c1. The van der Waals surface area contributed by atoms with Gasteiger partial charge >= 0.3 is 0 Å². The lowest BCUT2D eigenvalue weighted by Gasteiger charge is -2.13. The molecule has 4 rings (SSSR count). The average molecular weight is 484 g/mol. The molecule has 0 aliphatic rings. The Morgan fingerprint density at radius 2 is 1.75 bits per heavy atom. The first-order valence-corrected chi connectivity index (χ1v) is 11.4. The summed E-state index contributed by atoms with van der Waals surface area (Å²) >= 11 is 13.4. The standard InChI is InChI=1S/C24H19Cl2N3O2S/c1-14(23(30)28-18-7-5-15-9-10-27-22(15)13-18)32-19-4-2-3-17(12-19)29-24(31)20-8-6-16(25)11-21(20)26/h2-14,27H,1H3,(H,28,30)(H,29,31). The van der Waals surface area contributed by atoms with Crippen LogP contribution in [0.2, 0.25) is 10.0 Å². The molecular formula is C24H19Cl2N3O2S. The molecule has 0 radical (unpaired) electrons. The summed E-state index contributed by atoms with van der Waals surface area (Å²) in [4.78, 5) is 29.2.